The molecule has 1 saturated carbocycles. The molecule has 1 aliphatic carbocycles. The van der Waals surface area contributed by atoms with Crippen molar-refractivity contribution in [3.05, 3.63) is 34.9 Å². The number of carbonyl (C=O) groups is 2. The zero-order valence-electron chi connectivity index (χ0n) is 13.8. The molecule has 3 atom stereocenters. The molecule has 2 bridgehead atoms. The number of hydrogen-bond acceptors (Lipinski definition) is 2. The lowest BCUT2D eigenvalue weighted by atomic mass is 9.72. The summed E-state index contributed by atoms with van der Waals surface area (Å²) in [6.07, 6.45) is 4.62. The number of benzene rings is 1. The van der Waals surface area contributed by atoms with Gasteiger partial charge in [-0.2, -0.15) is 0 Å². The van der Waals surface area contributed by atoms with Crippen LogP contribution in [0.4, 0.5) is 0 Å². The van der Waals surface area contributed by atoms with Crippen LogP contribution in [0.5, 0.6) is 0 Å². The van der Waals surface area contributed by atoms with Crippen molar-refractivity contribution >= 4 is 23.5 Å². The van der Waals surface area contributed by atoms with E-state index >= 15 is 0 Å². The zero-order chi connectivity index (χ0) is 17.1. The van der Waals surface area contributed by atoms with Gasteiger partial charge < -0.3 is 10.0 Å². The second-order valence-corrected chi connectivity index (χ2v) is 8.00. The standard InChI is InChI=1S/C19H22ClNO3/c1-2-18(17(23)24)11-14-7-8-15(18)21(14)16(22)19(9-10-19)12-3-5-13(20)6-4-12/h3-6,14-15H,2,7-11H2,1H3,(H,23,24)/t14-,15+,18+/m0/s1. The molecule has 2 saturated heterocycles. The summed E-state index contributed by atoms with van der Waals surface area (Å²) in [4.78, 5) is 27.3. The molecule has 4 rings (SSSR count). The lowest BCUT2D eigenvalue weighted by molar-refractivity contribution is -0.152. The Morgan fingerprint density at radius 1 is 1.25 bits per heavy atom. The Morgan fingerprint density at radius 3 is 2.42 bits per heavy atom. The van der Waals surface area contributed by atoms with Crippen molar-refractivity contribution in [3.63, 3.8) is 0 Å². The summed E-state index contributed by atoms with van der Waals surface area (Å²) in [6, 6.07) is 7.48. The quantitative estimate of drug-likeness (QED) is 0.905. The van der Waals surface area contributed by atoms with Gasteiger partial charge in [0.1, 0.15) is 0 Å². The molecular weight excluding hydrogens is 326 g/mol. The third kappa shape index (κ3) is 1.98. The number of fused-ring (bicyclic) bond motifs is 2. The topological polar surface area (TPSA) is 57.6 Å². The summed E-state index contributed by atoms with van der Waals surface area (Å²) in [5.41, 5.74) is -0.191. The van der Waals surface area contributed by atoms with Crippen molar-refractivity contribution in [1.29, 1.82) is 0 Å². The van der Waals surface area contributed by atoms with E-state index in [1.165, 1.54) is 0 Å². The smallest absolute Gasteiger partial charge is 0.311 e. The number of carboxylic acids is 1. The van der Waals surface area contributed by atoms with Gasteiger partial charge in [0.25, 0.3) is 0 Å². The first-order chi connectivity index (χ1) is 11.4. The highest BCUT2D eigenvalue weighted by molar-refractivity contribution is 6.30. The molecule has 24 heavy (non-hydrogen) atoms. The van der Waals surface area contributed by atoms with Crippen molar-refractivity contribution in [2.24, 2.45) is 5.41 Å². The van der Waals surface area contributed by atoms with Crippen LogP contribution in [0.15, 0.2) is 24.3 Å². The van der Waals surface area contributed by atoms with Gasteiger partial charge in [-0.1, -0.05) is 30.7 Å². The molecule has 1 aromatic rings. The van der Waals surface area contributed by atoms with Crippen LogP contribution < -0.4 is 0 Å². The first-order valence-electron chi connectivity index (χ1n) is 8.77. The fourth-order valence-corrected chi connectivity index (χ4v) is 5.14. The number of rotatable bonds is 4. The van der Waals surface area contributed by atoms with Gasteiger partial charge in [0.05, 0.1) is 10.8 Å². The molecular formula is C19H22ClNO3. The van der Waals surface area contributed by atoms with Gasteiger partial charge in [-0.25, -0.2) is 0 Å². The molecule has 3 aliphatic rings. The predicted molar refractivity (Wildman–Crippen MR) is 91.0 cm³/mol. The van der Waals surface area contributed by atoms with Crippen molar-refractivity contribution in [2.75, 3.05) is 0 Å². The van der Waals surface area contributed by atoms with E-state index < -0.39 is 16.8 Å². The molecule has 5 heteroatoms. The Labute approximate surface area is 146 Å². The molecule has 1 amide bonds. The van der Waals surface area contributed by atoms with E-state index in [4.69, 9.17) is 11.6 Å². The van der Waals surface area contributed by atoms with Crippen LogP contribution >= 0.6 is 11.6 Å². The summed E-state index contributed by atoms with van der Waals surface area (Å²) < 4.78 is 0. The predicted octanol–water partition coefficient (Wildman–Crippen LogP) is 3.62. The van der Waals surface area contributed by atoms with Crippen molar-refractivity contribution < 1.29 is 14.7 Å². The minimum absolute atomic E-state index is 0.0864. The SMILES string of the molecule is CC[C@@]1(C(=O)O)C[C@@H]2CC[C@H]1N2C(=O)C1(c2ccc(Cl)cc2)CC1. The normalized spacial score (nSPS) is 32.8. The maximum Gasteiger partial charge on any atom is 0.311 e. The number of amides is 1. The third-order valence-corrected chi connectivity index (χ3v) is 6.84. The number of carbonyl (C=O) groups excluding carboxylic acids is 1. The average Bonchev–Trinajstić information content (AvgIpc) is 3.20. The lowest BCUT2D eigenvalue weighted by Gasteiger charge is -2.33. The van der Waals surface area contributed by atoms with Crippen LogP contribution in [0, 0.1) is 5.41 Å². The lowest BCUT2D eigenvalue weighted by Crippen LogP contribution is -2.47. The number of hydrogen-bond donors (Lipinski definition) is 1. The number of halogens is 1. The fraction of sp³-hybridized carbons (Fsp3) is 0.579. The van der Waals surface area contributed by atoms with Gasteiger partial charge in [-0.3, -0.25) is 9.59 Å². The Hall–Kier alpha value is -1.55. The van der Waals surface area contributed by atoms with Crippen LogP contribution in [-0.4, -0.2) is 34.0 Å². The first kappa shape index (κ1) is 15.9. The highest BCUT2D eigenvalue weighted by Crippen LogP contribution is 2.57. The van der Waals surface area contributed by atoms with Crippen molar-refractivity contribution in [1.82, 2.24) is 4.90 Å². The molecule has 1 aromatic carbocycles. The van der Waals surface area contributed by atoms with Crippen molar-refractivity contribution in [3.8, 4) is 0 Å². The minimum Gasteiger partial charge on any atom is -0.481 e. The van der Waals surface area contributed by atoms with Gasteiger partial charge >= 0.3 is 5.97 Å². The van der Waals surface area contributed by atoms with Crippen LogP contribution in [0.3, 0.4) is 0 Å². The van der Waals surface area contributed by atoms with E-state index in [1.807, 2.05) is 36.1 Å². The first-order valence-corrected chi connectivity index (χ1v) is 9.14. The Bertz CT molecular complexity index is 697. The summed E-state index contributed by atoms with van der Waals surface area (Å²) in [5, 5.41) is 10.5. The molecule has 1 N–H and O–H groups in total. The molecule has 0 unspecified atom stereocenters. The van der Waals surface area contributed by atoms with E-state index in [0.717, 1.165) is 31.2 Å². The largest absolute Gasteiger partial charge is 0.481 e. The number of nitrogens with zero attached hydrogens (tertiary/aromatic N) is 1. The van der Waals surface area contributed by atoms with Gasteiger partial charge in [0.15, 0.2) is 0 Å². The maximum atomic E-state index is 13.4. The zero-order valence-corrected chi connectivity index (χ0v) is 14.6. The summed E-state index contributed by atoms with van der Waals surface area (Å²) in [5.74, 6) is -0.611. The van der Waals surface area contributed by atoms with Gasteiger partial charge in [-0.15, -0.1) is 0 Å². The second-order valence-electron chi connectivity index (χ2n) is 7.57. The summed E-state index contributed by atoms with van der Waals surface area (Å²) in [6.45, 7) is 1.93. The molecule has 128 valence electrons. The van der Waals surface area contributed by atoms with E-state index in [-0.39, 0.29) is 18.0 Å². The molecule has 0 spiro atoms. The molecule has 2 heterocycles. The van der Waals surface area contributed by atoms with Crippen LogP contribution in [0.25, 0.3) is 0 Å². The highest BCUT2D eigenvalue weighted by Gasteiger charge is 2.64. The second kappa shape index (κ2) is 5.22. The van der Waals surface area contributed by atoms with Crippen LogP contribution in [0.2, 0.25) is 5.02 Å². The molecule has 4 nitrogen and oxygen atoms in total. The molecule has 3 fully saturated rings. The molecule has 0 aromatic heterocycles. The summed E-state index contributed by atoms with van der Waals surface area (Å²) in [7, 11) is 0. The maximum absolute atomic E-state index is 13.4. The molecule has 0 radical (unpaired) electrons. The van der Waals surface area contributed by atoms with Crippen LogP contribution in [-0.2, 0) is 15.0 Å². The Balaban J connectivity index is 1.66. The van der Waals surface area contributed by atoms with Gasteiger partial charge in [-0.05, 0) is 56.2 Å². The van der Waals surface area contributed by atoms with E-state index in [9.17, 15) is 14.7 Å². The molecule has 2 aliphatic heterocycles. The van der Waals surface area contributed by atoms with E-state index in [0.29, 0.717) is 17.9 Å². The number of aliphatic carboxylic acids is 1. The van der Waals surface area contributed by atoms with Gasteiger partial charge in [0.2, 0.25) is 5.91 Å². The fourth-order valence-electron chi connectivity index (χ4n) is 5.02. The Morgan fingerprint density at radius 2 is 1.92 bits per heavy atom. The highest BCUT2D eigenvalue weighted by atomic mass is 35.5. The summed E-state index contributed by atoms with van der Waals surface area (Å²) >= 11 is 5.98. The third-order valence-electron chi connectivity index (χ3n) is 6.59. The average molecular weight is 348 g/mol. The minimum atomic E-state index is -0.755. The van der Waals surface area contributed by atoms with E-state index in [1.54, 1.807) is 0 Å². The monoisotopic (exact) mass is 347 g/mol. The van der Waals surface area contributed by atoms with Gasteiger partial charge in [0, 0.05) is 17.1 Å². The van der Waals surface area contributed by atoms with E-state index in [2.05, 4.69) is 0 Å². The number of carboxylic acid groups (broad SMARTS) is 1. The Kier molecular flexibility index (Phi) is 3.47. The van der Waals surface area contributed by atoms with Crippen LogP contribution in [0.1, 0.15) is 51.0 Å². The van der Waals surface area contributed by atoms with Crippen molar-refractivity contribution in [2.45, 2.75) is 62.9 Å².